The summed E-state index contributed by atoms with van der Waals surface area (Å²) in [6, 6.07) is 0. The molecule has 1 aliphatic heterocycles. The molecule has 0 saturated carbocycles. The van der Waals surface area contributed by atoms with Crippen LogP contribution in [0.15, 0.2) is 12.3 Å². The highest BCUT2D eigenvalue weighted by molar-refractivity contribution is 7.87. The Balaban J connectivity index is 2.94. The molecule has 7 nitrogen and oxygen atoms in total. The second-order valence-corrected chi connectivity index (χ2v) is 4.63. The van der Waals surface area contributed by atoms with Gasteiger partial charge in [-0.15, -0.1) is 5.06 Å². The smallest absolute Gasteiger partial charge is 0.284 e. The summed E-state index contributed by atoms with van der Waals surface area (Å²) in [5, 5.41) is -1.48. The lowest BCUT2D eigenvalue weighted by Gasteiger charge is -2.13. The van der Waals surface area contributed by atoms with Gasteiger partial charge in [0.2, 0.25) is 0 Å². The normalized spacial score (nSPS) is 22.0. The highest BCUT2D eigenvalue weighted by atomic mass is 32.2. The number of carbonyl (C=O) groups is 2. The van der Waals surface area contributed by atoms with Gasteiger partial charge in [-0.1, -0.05) is 6.58 Å². The Hall–Kier alpha value is -1.41. The second kappa shape index (κ2) is 3.63. The molecule has 0 bridgehead atoms. The van der Waals surface area contributed by atoms with E-state index in [0.29, 0.717) is 5.06 Å². The first-order valence-electron chi connectivity index (χ1n) is 3.90. The number of carbonyl (C=O) groups excluding carboxylic acids is 2. The van der Waals surface area contributed by atoms with Crippen molar-refractivity contribution in [2.75, 3.05) is 0 Å². The zero-order valence-electron chi connectivity index (χ0n) is 7.84. The van der Waals surface area contributed by atoms with Crippen molar-refractivity contribution in [3.63, 3.8) is 0 Å². The maximum Gasteiger partial charge on any atom is 0.284 e. The van der Waals surface area contributed by atoms with Crippen molar-refractivity contribution in [2.24, 2.45) is 0 Å². The Morgan fingerprint density at radius 3 is 2.47 bits per heavy atom. The molecule has 1 unspecified atom stereocenters. The van der Waals surface area contributed by atoms with E-state index in [1.54, 1.807) is 0 Å². The third kappa shape index (κ3) is 2.34. The summed E-state index contributed by atoms with van der Waals surface area (Å²) < 4.78 is 30.0. The number of rotatable bonds is 3. The summed E-state index contributed by atoms with van der Waals surface area (Å²) in [5.41, 5.74) is 0. The topological polar surface area (TPSA) is 101 Å². The molecule has 0 aromatic heterocycles. The van der Waals surface area contributed by atoms with Crippen LogP contribution in [0.5, 0.6) is 0 Å². The van der Waals surface area contributed by atoms with Gasteiger partial charge in [0.1, 0.15) is 5.76 Å². The molecule has 1 heterocycles. The van der Waals surface area contributed by atoms with E-state index in [1.807, 2.05) is 0 Å². The Bertz CT molecular complexity index is 425. The number of imide groups is 1. The minimum absolute atomic E-state index is 0.0627. The molecule has 0 aromatic carbocycles. The van der Waals surface area contributed by atoms with Gasteiger partial charge in [0.25, 0.3) is 21.9 Å². The average Bonchev–Trinajstić information content (AvgIpc) is 2.30. The molecule has 15 heavy (non-hydrogen) atoms. The molecule has 1 atom stereocenters. The number of hydrogen-bond donors (Lipinski definition) is 1. The number of amides is 2. The van der Waals surface area contributed by atoms with Crippen LogP contribution in [0.25, 0.3) is 0 Å². The fraction of sp³-hybridized carbons (Fsp3) is 0.429. The average molecular weight is 235 g/mol. The molecule has 2 amide bonds. The molecule has 1 saturated heterocycles. The van der Waals surface area contributed by atoms with Crippen molar-refractivity contribution in [1.29, 1.82) is 0 Å². The van der Waals surface area contributed by atoms with Crippen molar-refractivity contribution in [2.45, 2.75) is 18.6 Å². The summed E-state index contributed by atoms with van der Waals surface area (Å²) in [5.74, 6) is -1.87. The van der Waals surface area contributed by atoms with Crippen LogP contribution < -0.4 is 0 Å². The van der Waals surface area contributed by atoms with Gasteiger partial charge in [-0.3, -0.25) is 14.1 Å². The Morgan fingerprint density at radius 1 is 1.60 bits per heavy atom. The summed E-state index contributed by atoms with van der Waals surface area (Å²) in [4.78, 5) is 27.1. The number of nitrogens with zero attached hydrogens (tertiary/aromatic N) is 1. The van der Waals surface area contributed by atoms with Crippen LogP contribution in [0.4, 0.5) is 0 Å². The summed E-state index contributed by atoms with van der Waals surface area (Å²) in [6.07, 6.45) is -0.620. The Labute approximate surface area is 86.0 Å². The SMILES string of the molecule is C=C(C)ON1C(=O)CC(S(=O)(=O)O)C1=O. The lowest BCUT2D eigenvalue weighted by Crippen LogP contribution is -2.34. The third-order valence-electron chi connectivity index (χ3n) is 1.67. The van der Waals surface area contributed by atoms with Crippen LogP contribution in [0, 0.1) is 0 Å². The standard InChI is InChI=1S/C7H9NO6S/c1-4(2)14-8-6(9)3-5(7(8)10)15(11,12)13/h5H,1,3H2,2H3,(H,11,12,13). The maximum absolute atomic E-state index is 11.3. The van der Waals surface area contributed by atoms with Crippen LogP contribution in [-0.2, 0) is 24.5 Å². The van der Waals surface area contributed by atoms with E-state index in [2.05, 4.69) is 11.4 Å². The molecular weight excluding hydrogens is 226 g/mol. The predicted molar refractivity (Wildman–Crippen MR) is 47.7 cm³/mol. The van der Waals surface area contributed by atoms with Gasteiger partial charge < -0.3 is 4.84 Å². The van der Waals surface area contributed by atoms with E-state index in [0.717, 1.165) is 0 Å². The lowest BCUT2D eigenvalue weighted by molar-refractivity contribution is -0.176. The van der Waals surface area contributed by atoms with Crippen molar-refractivity contribution in [3.05, 3.63) is 12.3 Å². The lowest BCUT2D eigenvalue weighted by atomic mass is 10.4. The fourth-order valence-corrected chi connectivity index (χ4v) is 1.77. The summed E-state index contributed by atoms with van der Waals surface area (Å²) >= 11 is 0. The fourth-order valence-electron chi connectivity index (χ4n) is 1.07. The Morgan fingerprint density at radius 2 is 2.13 bits per heavy atom. The predicted octanol–water partition coefficient (Wildman–Crippen LogP) is -0.533. The number of hydrogen-bond acceptors (Lipinski definition) is 5. The second-order valence-electron chi connectivity index (χ2n) is 3.03. The molecule has 1 aliphatic rings. The van der Waals surface area contributed by atoms with E-state index < -0.39 is 33.6 Å². The molecule has 0 aromatic rings. The van der Waals surface area contributed by atoms with E-state index >= 15 is 0 Å². The molecular formula is C7H9NO6S. The van der Waals surface area contributed by atoms with Gasteiger partial charge in [-0.25, -0.2) is 0 Å². The van der Waals surface area contributed by atoms with Crippen LogP contribution in [0.1, 0.15) is 13.3 Å². The van der Waals surface area contributed by atoms with Gasteiger partial charge >= 0.3 is 0 Å². The highest BCUT2D eigenvalue weighted by Crippen LogP contribution is 2.20. The third-order valence-corrected chi connectivity index (χ3v) is 2.76. The van der Waals surface area contributed by atoms with Crippen LogP contribution >= 0.6 is 0 Å². The minimum Gasteiger partial charge on any atom is -0.374 e. The van der Waals surface area contributed by atoms with Crippen LogP contribution in [-0.4, -0.2) is 35.1 Å². The first-order valence-corrected chi connectivity index (χ1v) is 5.40. The van der Waals surface area contributed by atoms with Crippen LogP contribution in [0.3, 0.4) is 0 Å². The molecule has 84 valence electrons. The van der Waals surface area contributed by atoms with Gasteiger partial charge in [-0.05, 0) is 6.92 Å². The first kappa shape index (κ1) is 11.7. The Kier molecular flexibility index (Phi) is 2.82. The van der Waals surface area contributed by atoms with Gasteiger partial charge in [0, 0.05) is 0 Å². The number of allylic oxidation sites excluding steroid dienone is 1. The monoisotopic (exact) mass is 235 g/mol. The van der Waals surface area contributed by atoms with Gasteiger partial charge in [0.15, 0.2) is 5.25 Å². The summed E-state index contributed by atoms with van der Waals surface area (Å²) in [6.45, 7) is 4.68. The van der Waals surface area contributed by atoms with E-state index in [1.165, 1.54) is 6.92 Å². The van der Waals surface area contributed by atoms with E-state index in [9.17, 15) is 18.0 Å². The maximum atomic E-state index is 11.3. The molecule has 0 spiro atoms. The highest BCUT2D eigenvalue weighted by Gasteiger charge is 2.47. The van der Waals surface area contributed by atoms with Crippen molar-refractivity contribution in [1.82, 2.24) is 5.06 Å². The quantitative estimate of drug-likeness (QED) is 0.401. The van der Waals surface area contributed by atoms with Crippen molar-refractivity contribution >= 4 is 21.9 Å². The largest absolute Gasteiger partial charge is 0.374 e. The van der Waals surface area contributed by atoms with Crippen molar-refractivity contribution < 1.29 is 27.4 Å². The van der Waals surface area contributed by atoms with E-state index in [-0.39, 0.29) is 5.76 Å². The minimum atomic E-state index is -4.58. The van der Waals surface area contributed by atoms with E-state index in [4.69, 9.17) is 4.55 Å². The van der Waals surface area contributed by atoms with Crippen molar-refractivity contribution in [3.8, 4) is 0 Å². The molecule has 1 fully saturated rings. The number of hydroxylamine groups is 2. The molecule has 0 radical (unpaired) electrons. The molecule has 0 aliphatic carbocycles. The zero-order chi connectivity index (χ0) is 11.8. The zero-order valence-corrected chi connectivity index (χ0v) is 8.65. The van der Waals surface area contributed by atoms with Gasteiger partial charge in [-0.2, -0.15) is 8.42 Å². The summed E-state index contributed by atoms with van der Waals surface area (Å²) in [7, 11) is -4.58. The molecule has 8 heteroatoms. The van der Waals surface area contributed by atoms with Crippen LogP contribution in [0.2, 0.25) is 0 Å². The molecule has 1 N–H and O–H groups in total. The molecule has 1 rings (SSSR count). The first-order chi connectivity index (χ1) is 6.73. The van der Waals surface area contributed by atoms with Gasteiger partial charge in [0.05, 0.1) is 6.42 Å².